The van der Waals surface area contributed by atoms with Gasteiger partial charge in [-0.2, -0.15) is 4.68 Å². The first-order valence-corrected chi connectivity index (χ1v) is 8.05. The van der Waals surface area contributed by atoms with Crippen LogP contribution < -0.4 is 5.32 Å². The Morgan fingerprint density at radius 2 is 2.08 bits per heavy atom. The number of carbonyl (C=O) groups excluding carboxylic acids is 1. The lowest BCUT2D eigenvalue weighted by molar-refractivity contribution is -0.384. The van der Waals surface area contributed by atoms with Crippen molar-refractivity contribution in [3.63, 3.8) is 0 Å². The Morgan fingerprint density at radius 1 is 1.38 bits per heavy atom. The van der Waals surface area contributed by atoms with Crippen LogP contribution in [0.2, 0.25) is 0 Å². The number of rotatable bonds is 5. The maximum absolute atomic E-state index is 12.7. The fourth-order valence-electron chi connectivity index (χ4n) is 2.68. The van der Waals surface area contributed by atoms with Gasteiger partial charge in [-0.1, -0.05) is 18.9 Å². The second kappa shape index (κ2) is 6.90. The third kappa shape index (κ3) is 3.25. The summed E-state index contributed by atoms with van der Waals surface area (Å²) in [4.78, 5) is 23.1. The van der Waals surface area contributed by atoms with Crippen molar-refractivity contribution in [3.8, 4) is 0 Å². The van der Waals surface area contributed by atoms with Gasteiger partial charge in [0, 0.05) is 17.8 Å². The molecule has 1 aliphatic rings. The van der Waals surface area contributed by atoms with Crippen LogP contribution in [0.25, 0.3) is 0 Å². The molecule has 1 aromatic heterocycles. The molecule has 1 atom stereocenters. The maximum atomic E-state index is 12.7. The Balaban J connectivity index is 2.02. The molecule has 10 heteroatoms. The van der Waals surface area contributed by atoms with Gasteiger partial charge in [0.1, 0.15) is 6.04 Å². The number of fused-ring (bicyclic) bond motifs is 1. The topological polar surface area (TPSA) is 125 Å². The van der Waals surface area contributed by atoms with Crippen molar-refractivity contribution in [3.05, 3.63) is 51.2 Å². The van der Waals surface area contributed by atoms with Crippen molar-refractivity contribution in [1.82, 2.24) is 20.2 Å². The summed E-state index contributed by atoms with van der Waals surface area (Å²) < 4.78 is 6.85. The van der Waals surface area contributed by atoms with Crippen molar-refractivity contribution in [2.24, 2.45) is 5.92 Å². The van der Waals surface area contributed by atoms with Crippen molar-refractivity contribution in [1.29, 1.82) is 0 Å². The molecule has 0 amide bonds. The van der Waals surface area contributed by atoms with E-state index < -0.39 is 16.9 Å². The highest BCUT2D eigenvalue weighted by molar-refractivity contribution is 5.92. The van der Waals surface area contributed by atoms with Gasteiger partial charge in [0.25, 0.3) is 5.69 Å². The third-order valence-corrected chi connectivity index (χ3v) is 3.90. The minimum Gasteiger partial charge on any atom is -0.462 e. The highest BCUT2D eigenvalue weighted by atomic mass is 16.6. The molecule has 2 heterocycles. The predicted octanol–water partition coefficient (Wildman–Crippen LogP) is 2.07. The van der Waals surface area contributed by atoms with E-state index in [0.717, 1.165) is 0 Å². The summed E-state index contributed by atoms with van der Waals surface area (Å²) in [6, 6.07) is 5.30. The minimum absolute atomic E-state index is 0.0377. The average molecular weight is 358 g/mol. The lowest BCUT2D eigenvalue weighted by atomic mass is 9.95. The molecule has 0 bridgehead atoms. The summed E-state index contributed by atoms with van der Waals surface area (Å²) in [6.45, 7) is 5.91. The number of esters is 1. The van der Waals surface area contributed by atoms with Crippen LogP contribution in [-0.4, -0.2) is 37.7 Å². The third-order valence-electron chi connectivity index (χ3n) is 3.90. The van der Waals surface area contributed by atoms with E-state index >= 15 is 0 Å². The van der Waals surface area contributed by atoms with E-state index in [1.165, 1.54) is 16.8 Å². The Hall–Kier alpha value is -3.30. The first kappa shape index (κ1) is 17.5. The van der Waals surface area contributed by atoms with E-state index in [1.807, 2.05) is 13.8 Å². The number of hydrogen-bond acceptors (Lipinski definition) is 8. The van der Waals surface area contributed by atoms with Gasteiger partial charge in [0.15, 0.2) is 0 Å². The molecule has 1 aromatic carbocycles. The molecular weight excluding hydrogens is 340 g/mol. The van der Waals surface area contributed by atoms with Crippen molar-refractivity contribution >= 4 is 17.6 Å². The fourth-order valence-corrected chi connectivity index (χ4v) is 2.68. The van der Waals surface area contributed by atoms with E-state index in [0.29, 0.717) is 22.8 Å². The molecule has 1 aliphatic heterocycles. The van der Waals surface area contributed by atoms with Gasteiger partial charge >= 0.3 is 5.97 Å². The van der Waals surface area contributed by atoms with Crippen LogP contribution in [0.3, 0.4) is 0 Å². The zero-order valence-corrected chi connectivity index (χ0v) is 14.5. The number of aromatic nitrogens is 4. The predicted molar refractivity (Wildman–Crippen MR) is 91.2 cm³/mol. The minimum atomic E-state index is -0.637. The zero-order valence-electron chi connectivity index (χ0n) is 14.5. The van der Waals surface area contributed by atoms with E-state index in [2.05, 4.69) is 20.8 Å². The number of non-ortho nitro benzene ring substituents is 1. The van der Waals surface area contributed by atoms with E-state index in [4.69, 9.17) is 4.74 Å². The summed E-state index contributed by atoms with van der Waals surface area (Å²) in [5, 5.41) is 25.4. The van der Waals surface area contributed by atoms with Gasteiger partial charge in [-0.3, -0.25) is 10.1 Å². The van der Waals surface area contributed by atoms with E-state index in [9.17, 15) is 14.9 Å². The molecule has 0 spiro atoms. The zero-order chi connectivity index (χ0) is 18.8. The molecule has 26 heavy (non-hydrogen) atoms. The monoisotopic (exact) mass is 358 g/mol. The number of tetrazole rings is 1. The quantitative estimate of drug-likeness (QED) is 0.489. The fraction of sp³-hybridized carbons (Fsp3) is 0.375. The van der Waals surface area contributed by atoms with Gasteiger partial charge in [-0.05, 0) is 41.0 Å². The van der Waals surface area contributed by atoms with Crippen LogP contribution in [0.1, 0.15) is 32.4 Å². The smallest absolute Gasteiger partial charge is 0.338 e. The van der Waals surface area contributed by atoms with Crippen LogP contribution in [0, 0.1) is 16.0 Å². The first-order valence-electron chi connectivity index (χ1n) is 8.05. The van der Waals surface area contributed by atoms with Gasteiger partial charge in [0.05, 0.1) is 17.1 Å². The molecule has 3 rings (SSSR count). The number of nitro groups is 1. The van der Waals surface area contributed by atoms with Crippen LogP contribution >= 0.6 is 0 Å². The van der Waals surface area contributed by atoms with Gasteiger partial charge in [-0.25, -0.2) is 4.79 Å². The highest BCUT2D eigenvalue weighted by Gasteiger charge is 2.35. The molecule has 0 fully saturated rings. The standard InChI is InChI=1S/C16H18N6O4/c1-9(2)8-26-15(23)13-10(3)17-16-18-19-20-21(16)14(13)11-4-6-12(7-5-11)22(24)25/h4-7,9,14H,8H2,1-3H3,(H,17,18,20)/t14-/m0/s1. The van der Waals surface area contributed by atoms with Crippen LogP contribution in [0.15, 0.2) is 35.5 Å². The van der Waals surface area contributed by atoms with Crippen molar-refractivity contribution in [2.75, 3.05) is 11.9 Å². The molecule has 0 radical (unpaired) electrons. The second-order valence-electron chi connectivity index (χ2n) is 6.35. The summed E-state index contributed by atoms with van der Waals surface area (Å²) in [5.74, 6) is 0.0947. The van der Waals surface area contributed by atoms with Crippen LogP contribution in [0.5, 0.6) is 0 Å². The number of carbonyl (C=O) groups is 1. The number of hydrogen-bond donors (Lipinski definition) is 1. The number of nitro benzene ring substituents is 1. The molecule has 10 nitrogen and oxygen atoms in total. The van der Waals surface area contributed by atoms with Gasteiger partial charge < -0.3 is 10.1 Å². The number of ether oxygens (including phenoxy) is 1. The van der Waals surface area contributed by atoms with Crippen LogP contribution in [-0.2, 0) is 9.53 Å². The first-order chi connectivity index (χ1) is 12.4. The molecule has 0 saturated carbocycles. The van der Waals surface area contributed by atoms with E-state index in [-0.39, 0.29) is 18.2 Å². The van der Waals surface area contributed by atoms with E-state index in [1.54, 1.807) is 19.1 Å². The molecule has 0 saturated heterocycles. The van der Waals surface area contributed by atoms with Gasteiger partial charge in [0.2, 0.25) is 5.95 Å². The number of nitrogens with one attached hydrogen (secondary N) is 1. The second-order valence-corrected chi connectivity index (χ2v) is 6.35. The molecule has 2 aromatic rings. The number of nitrogens with zero attached hydrogens (tertiary/aromatic N) is 5. The van der Waals surface area contributed by atoms with Gasteiger partial charge in [-0.15, -0.1) is 0 Å². The summed E-state index contributed by atoms with van der Waals surface area (Å²) >= 11 is 0. The Morgan fingerprint density at radius 3 is 2.69 bits per heavy atom. The normalized spacial score (nSPS) is 16.2. The number of allylic oxidation sites excluding steroid dienone is 1. The summed E-state index contributed by atoms with van der Waals surface area (Å²) in [6.07, 6.45) is 0. The Kier molecular flexibility index (Phi) is 4.65. The molecule has 136 valence electrons. The van der Waals surface area contributed by atoms with Crippen molar-refractivity contribution in [2.45, 2.75) is 26.8 Å². The number of anilines is 1. The average Bonchev–Trinajstić information content (AvgIpc) is 3.06. The Labute approximate surface area is 149 Å². The van der Waals surface area contributed by atoms with Crippen LogP contribution in [0.4, 0.5) is 11.6 Å². The summed E-state index contributed by atoms with van der Waals surface area (Å²) in [7, 11) is 0. The lowest BCUT2D eigenvalue weighted by Crippen LogP contribution is -2.30. The number of benzene rings is 1. The maximum Gasteiger partial charge on any atom is 0.338 e. The summed E-state index contributed by atoms with van der Waals surface area (Å²) in [5.41, 5.74) is 1.54. The lowest BCUT2D eigenvalue weighted by Gasteiger charge is -2.27. The van der Waals surface area contributed by atoms with Crippen molar-refractivity contribution < 1.29 is 14.5 Å². The molecule has 0 unspecified atom stereocenters. The Bertz CT molecular complexity index is 871. The molecular formula is C16H18N6O4. The highest BCUT2D eigenvalue weighted by Crippen LogP contribution is 2.35. The largest absolute Gasteiger partial charge is 0.462 e. The molecule has 0 aliphatic carbocycles. The molecule has 1 N–H and O–H groups in total. The SMILES string of the molecule is CC1=C(C(=O)OCC(C)C)[C@H](c2ccc([N+](=O)[O-])cc2)n2nnnc2N1.